The first-order valence-electron chi connectivity index (χ1n) is 8.94. The van der Waals surface area contributed by atoms with E-state index in [-0.39, 0.29) is 23.9 Å². The van der Waals surface area contributed by atoms with Crippen LogP contribution in [0, 0.1) is 0 Å². The van der Waals surface area contributed by atoms with Gasteiger partial charge in [-0.2, -0.15) is 0 Å². The van der Waals surface area contributed by atoms with Crippen LogP contribution in [-0.2, 0) is 17.6 Å². The molecule has 0 bridgehead atoms. The van der Waals surface area contributed by atoms with Crippen LogP contribution in [0.3, 0.4) is 0 Å². The second kappa shape index (κ2) is 9.31. The van der Waals surface area contributed by atoms with Gasteiger partial charge >= 0.3 is 0 Å². The minimum absolute atomic E-state index is 0.169. The van der Waals surface area contributed by atoms with Crippen molar-refractivity contribution in [3.8, 4) is 16.9 Å². The van der Waals surface area contributed by atoms with E-state index in [1.54, 1.807) is 18.4 Å². The van der Waals surface area contributed by atoms with Gasteiger partial charge in [-0.3, -0.25) is 0 Å². The Kier molecular flexibility index (Phi) is 6.78. The Labute approximate surface area is 182 Å². The normalized spacial score (nSPS) is 12.0. The van der Waals surface area contributed by atoms with Gasteiger partial charge in [0, 0.05) is 16.7 Å². The van der Waals surface area contributed by atoms with Gasteiger partial charge in [-0.25, -0.2) is 19.3 Å². The number of nitrogen functional groups attached to an aromatic ring is 3. The van der Waals surface area contributed by atoms with Gasteiger partial charge in [-0.05, 0) is 37.4 Å². The minimum atomic E-state index is -1.28. The smallest absolute Gasteiger partial charge is 0.169 e. The lowest BCUT2D eigenvalue weighted by Crippen LogP contribution is -2.15. The first-order valence-corrected chi connectivity index (χ1v) is 10.4. The van der Waals surface area contributed by atoms with E-state index in [1.165, 1.54) is 6.07 Å². The monoisotopic (exact) mass is 446 g/mol. The van der Waals surface area contributed by atoms with Gasteiger partial charge in [0.25, 0.3) is 0 Å². The molecule has 3 aromatic rings. The van der Waals surface area contributed by atoms with Gasteiger partial charge in [0.1, 0.15) is 34.8 Å². The molecule has 30 heavy (non-hydrogen) atoms. The van der Waals surface area contributed by atoms with Crippen LogP contribution < -0.4 is 27.5 Å². The van der Waals surface area contributed by atoms with Crippen LogP contribution in [0.5, 0.6) is 5.75 Å². The number of nitrogens with two attached hydrogens (primary N) is 3. The Morgan fingerprint density at radius 1 is 1.17 bits per heavy atom. The molecule has 0 saturated carbocycles. The van der Waals surface area contributed by atoms with Gasteiger partial charge in [0.2, 0.25) is 0 Å². The summed E-state index contributed by atoms with van der Waals surface area (Å²) in [7, 11) is 2.26. The number of anilines is 3. The molecule has 0 fully saturated rings. The van der Waals surface area contributed by atoms with Gasteiger partial charge in [-0.1, -0.05) is 41.9 Å². The van der Waals surface area contributed by atoms with Crippen molar-refractivity contribution < 1.29 is 8.95 Å². The van der Waals surface area contributed by atoms with Gasteiger partial charge < -0.3 is 21.6 Å². The molecular formula is C20H23ClN6O2S. The lowest BCUT2D eigenvalue weighted by molar-refractivity contribution is 0.308. The standard InChI is InChI=1S/C20H23ClN6O2S/c1-27(2)30(28)17-6-4-3-5-14(17)12-7-8-13(15(21)9-12)11-29-16-10-18(22)25-20(26-24)19(16)23/h3-10H,11,23-24H2,1-2H3,(H3,22,25,26). The largest absolute Gasteiger partial charge is 0.486 e. The first-order chi connectivity index (χ1) is 14.3. The highest BCUT2D eigenvalue weighted by Gasteiger charge is 2.15. The van der Waals surface area contributed by atoms with Crippen molar-refractivity contribution in [3.05, 3.63) is 59.1 Å². The van der Waals surface area contributed by atoms with Gasteiger partial charge in [0.05, 0.1) is 4.90 Å². The van der Waals surface area contributed by atoms with Crippen LogP contribution in [0.1, 0.15) is 5.56 Å². The lowest BCUT2D eigenvalue weighted by atomic mass is 10.0. The summed E-state index contributed by atoms with van der Waals surface area (Å²) >= 11 is 6.50. The van der Waals surface area contributed by atoms with Gasteiger partial charge in [-0.15, -0.1) is 0 Å². The third-order valence-corrected chi connectivity index (χ3v) is 6.08. The number of ether oxygens (including phenoxy) is 1. The van der Waals surface area contributed by atoms with E-state index in [2.05, 4.69) is 10.4 Å². The molecule has 0 saturated heterocycles. The molecule has 0 aliphatic carbocycles. The fraction of sp³-hybridized carbons (Fsp3) is 0.150. The molecule has 0 amide bonds. The molecule has 0 aliphatic heterocycles. The summed E-state index contributed by atoms with van der Waals surface area (Å²) in [5.41, 5.74) is 16.8. The fourth-order valence-electron chi connectivity index (χ4n) is 2.82. The van der Waals surface area contributed by atoms with Crippen LogP contribution >= 0.6 is 11.6 Å². The molecule has 7 N–H and O–H groups in total. The van der Waals surface area contributed by atoms with Crippen molar-refractivity contribution >= 4 is 39.9 Å². The zero-order valence-electron chi connectivity index (χ0n) is 16.6. The van der Waals surface area contributed by atoms with Crippen LogP contribution in [0.4, 0.5) is 17.3 Å². The van der Waals surface area contributed by atoms with Crippen molar-refractivity contribution in [1.29, 1.82) is 0 Å². The maximum absolute atomic E-state index is 12.6. The Bertz CT molecular complexity index is 1090. The van der Waals surface area contributed by atoms with Gasteiger partial charge in [0.15, 0.2) is 5.82 Å². The van der Waals surface area contributed by atoms with E-state index in [0.717, 1.165) is 16.7 Å². The zero-order chi connectivity index (χ0) is 21.8. The number of rotatable bonds is 7. The number of benzene rings is 2. The maximum atomic E-state index is 12.6. The molecule has 0 spiro atoms. The average Bonchev–Trinajstić information content (AvgIpc) is 2.74. The number of hydrogen-bond acceptors (Lipinski definition) is 7. The number of halogens is 1. The topological polar surface area (TPSA) is 133 Å². The Morgan fingerprint density at radius 3 is 2.57 bits per heavy atom. The van der Waals surface area contributed by atoms with E-state index in [4.69, 9.17) is 33.6 Å². The van der Waals surface area contributed by atoms with E-state index in [0.29, 0.717) is 15.7 Å². The fourth-order valence-corrected chi connectivity index (χ4v) is 4.02. The molecule has 3 rings (SSSR count). The van der Waals surface area contributed by atoms with Crippen molar-refractivity contribution in [3.63, 3.8) is 0 Å². The molecule has 1 unspecified atom stereocenters. The Hall–Kier alpha value is -2.85. The Balaban J connectivity index is 1.86. The number of hydrazine groups is 1. The molecule has 2 aromatic carbocycles. The maximum Gasteiger partial charge on any atom is 0.169 e. The summed E-state index contributed by atoms with van der Waals surface area (Å²) in [5.74, 6) is 6.20. The molecule has 1 heterocycles. The van der Waals surface area contributed by atoms with Crippen LogP contribution in [0.2, 0.25) is 5.02 Å². The summed E-state index contributed by atoms with van der Waals surface area (Å²) in [5, 5.41) is 0.510. The second-order valence-corrected chi connectivity index (χ2v) is 8.68. The quantitative estimate of drug-likeness (QED) is 0.324. The molecular weight excluding hydrogens is 424 g/mol. The van der Waals surface area contributed by atoms with E-state index < -0.39 is 11.0 Å². The van der Waals surface area contributed by atoms with E-state index in [9.17, 15) is 4.21 Å². The highest BCUT2D eigenvalue weighted by atomic mass is 35.5. The van der Waals surface area contributed by atoms with Crippen molar-refractivity contribution in [1.82, 2.24) is 9.29 Å². The summed E-state index contributed by atoms with van der Waals surface area (Å²) < 4.78 is 20.0. The number of pyridine rings is 1. The molecule has 1 aromatic heterocycles. The summed E-state index contributed by atoms with van der Waals surface area (Å²) in [6.07, 6.45) is 0. The third-order valence-electron chi connectivity index (χ3n) is 4.33. The lowest BCUT2D eigenvalue weighted by Gasteiger charge is -2.15. The van der Waals surface area contributed by atoms with Crippen LogP contribution in [0.15, 0.2) is 53.4 Å². The molecule has 158 valence electrons. The third kappa shape index (κ3) is 4.65. The first kappa shape index (κ1) is 21.8. The van der Waals surface area contributed by atoms with Crippen molar-refractivity contribution in [2.24, 2.45) is 5.84 Å². The average molecular weight is 447 g/mol. The van der Waals surface area contributed by atoms with E-state index in [1.807, 2.05) is 42.5 Å². The highest BCUT2D eigenvalue weighted by molar-refractivity contribution is 7.82. The van der Waals surface area contributed by atoms with Crippen LogP contribution in [0.25, 0.3) is 11.1 Å². The molecule has 8 nitrogen and oxygen atoms in total. The molecule has 0 radical (unpaired) electrons. The number of nitrogens with zero attached hydrogens (tertiary/aromatic N) is 2. The predicted octanol–water partition coefficient (Wildman–Crippen LogP) is 3.02. The molecule has 10 heteroatoms. The molecule has 0 aliphatic rings. The SMILES string of the molecule is CN(C)S(=O)c1ccccc1-c1ccc(COc2cc(N)nc(NN)c2N)c(Cl)c1. The zero-order valence-corrected chi connectivity index (χ0v) is 18.1. The van der Waals surface area contributed by atoms with Crippen molar-refractivity contribution in [2.45, 2.75) is 11.5 Å². The minimum Gasteiger partial charge on any atom is -0.486 e. The molecule has 1 atom stereocenters. The predicted molar refractivity (Wildman–Crippen MR) is 122 cm³/mol. The Morgan fingerprint density at radius 2 is 1.90 bits per heavy atom. The highest BCUT2D eigenvalue weighted by Crippen LogP contribution is 2.33. The summed E-state index contributed by atoms with van der Waals surface area (Å²) in [4.78, 5) is 4.70. The summed E-state index contributed by atoms with van der Waals surface area (Å²) in [6.45, 7) is 0.169. The van der Waals surface area contributed by atoms with Crippen LogP contribution in [-0.4, -0.2) is 27.6 Å². The number of nitrogens with one attached hydrogen (secondary N) is 1. The number of aromatic nitrogens is 1. The second-order valence-electron chi connectivity index (χ2n) is 6.60. The van der Waals surface area contributed by atoms with E-state index >= 15 is 0 Å². The number of hydrogen-bond donors (Lipinski definition) is 4. The van der Waals surface area contributed by atoms with Crippen molar-refractivity contribution in [2.75, 3.05) is 31.0 Å². The summed E-state index contributed by atoms with van der Waals surface area (Å²) in [6, 6.07) is 14.6.